The van der Waals surface area contributed by atoms with Gasteiger partial charge in [0, 0.05) is 13.5 Å². The van der Waals surface area contributed by atoms with Crippen LogP contribution in [-0.4, -0.2) is 23.6 Å². The Morgan fingerprint density at radius 2 is 1.43 bits per heavy atom. The summed E-state index contributed by atoms with van der Waals surface area (Å²) in [6.07, 6.45) is 0.533. The van der Waals surface area contributed by atoms with Gasteiger partial charge in [0.15, 0.2) is 6.29 Å². The minimum Gasteiger partial charge on any atom is -0.507 e. The number of phenols is 1. The molecule has 1 atom stereocenters. The van der Waals surface area contributed by atoms with Gasteiger partial charge in [0.1, 0.15) is 5.75 Å². The Kier molecular flexibility index (Phi) is 5.46. The maximum atomic E-state index is 10.6. The highest BCUT2D eigenvalue weighted by atomic mass is 16.6. The molecule has 0 aliphatic heterocycles. The molecule has 0 saturated carbocycles. The molecule has 2 N–H and O–H groups in total. The number of methoxy groups -OCH3 is 1. The summed E-state index contributed by atoms with van der Waals surface area (Å²) < 4.78 is 4.90. The van der Waals surface area contributed by atoms with Crippen LogP contribution in [0.3, 0.4) is 0 Å². The second kappa shape index (κ2) is 6.37. The van der Waals surface area contributed by atoms with Gasteiger partial charge in [-0.05, 0) is 33.9 Å². The predicted octanol–water partition coefficient (Wildman–Crippen LogP) is 3.88. The molecule has 0 aliphatic carbocycles. The van der Waals surface area contributed by atoms with Crippen molar-refractivity contribution < 1.29 is 14.9 Å². The van der Waals surface area contributed by atoms with Crippen molar-refractivity contribution in [1.29, 1.82) is 0 Å². The molecule has 0 radical (unpaired) electrons. The first-order valence-electron chi connectivity index (χ1n) is 7.54. The molecule has 0 aromatic heterocycles. The van der Waals surface area contributed by atoms with Crippen molar-refractivity contribution in [3.63, 3.8) is 0 Å². The van der Waals surface area contributed by atoms with Crippen molar-refractivity contribution in [2.24, 2.45) is 0 Å². The van der Waals surface area contributed by atoms with E-state index < -0.39 is 6.29 Å². The summed E-state index contributed by atoms with van der Waals surface area (Å²) in [6, 6.07) is 4.10. The van der Waals surface area contributed by atoms with E-state index in [4.69, 9.17) is 4.74 Å². The lowest BCUT2D eigenvalue weighted by molar-refractivity contribution is -0.0777. The number of benzene rings is 1. The Bertz CT molecular complexity index is 443. The van der Waals surface area contributed by atoms with Crippen LogP contribution in [0.1, 0.15) is 64.7 Å². The molecule has 1 aromatic rings. The Hall–Kier alpha value is -1.06. The summed E-state index contributed by atoms with van der Waals surface area (Å²) in [6.45, 7) is 12.6. The molecule has 120 valence electrons. The van der Waals surface area contributed by atoms with Gasteiger partial charge in [0.25, 0.3) is 0 Å². The number of rotatable bonds is 4. The smallest absolute Gasteiger partial charge is 0.154 e. The van der Waals surface area contributed by atoms with Crippen molar-refractivity contribution in [2.75, 3.05) is 7.11 Å². The molecule has 21 heavy (non-hydrogen) atoms. The lowest BCUT2D eigenvalue weighted by Crippen LogP contribution is -2.18. The third kappa shape index (κ3) is 4.72. The molecule has 3 nitrogen and oxygen atoms in total. The first-order valence-corrected chi connectivity index (χ1v) is 7.54. The summed E-state index contributed by atoms with van der Waals surface area (Å²) in [7, 11) is 1.50. The fourth-order valence-electron chi connectivity index (χ4n) is 2.39. The largest absolute Gasteiger partial charge is 0.507 e. The second-order valence-corrected chi connectivity index (χ2v) is 7.77. The first-order chi connectivity index (χ1) is 9.46. The monoisotopic (exact) mass is 294 g/mol. The van der Waals surface area contributed by atoms with Crippen LogP contribution in [0.15, 0.2) is 12.1 Å². The van der Waals surface area contributed by atoms with Crippen LogP contribution in [0.2, 0.25) is 0 Å². The molecule has 0 aliphatic rings. The average Bonchev–Trinajstić information content (AvgIpc) is 2.34. The van der Waals surface area contributed by atoms with Gasteiger partial charge in [-0.25, -0.2) is 0 Å². The summed E-state index contributed by atoms with van der Waals surface area (Å²) in [5.74, 6) is 0.394. The van der Waals surface area contributed by atoms with Crippen molar-refractivity contribution in [1.82, 2.24) is 0 Å². The lowest BCUT2D eigenvalue weighted by Gasteiger charge is -2.28. The minimum absolute atomic E-state index is 0.125. The van der Waals surface area contributed by atoms with Gasteiger partial charge in [-0.3, -0.25) is 0 Å². The van der Waals surface area contributed by atoms with E-state index in [-0.39, 0.29) is 10.8 Å². The molecule has 0 bridgehead atoms. The number of aliphatic hydroxyl groups is 1. The molecule has 0 amide bonds. The lowest BCUT2D eigenvalue weighted by atomic mass is 9.78. The van der Waals surface area contributed by atoms with Crippen molar-refractivity contribution in [3.8, 4) is 5.75 Å². The average molecular weight is 294 g/mol. The molecular weight excluding hydrogens is 264 g/mol. The number of hydrogen-bond donors (Lipinski definition) is 2. The van der Waals surface area contributed by atoms with Gasteiger partial charge in [-0.15, -0.1) is 0 Å². The van der Waals surface area contributed by atoms with E-state index in [0.717, 1.165) is 23.1 Å². The molecule has 1 aromatic carbocycles. The van der Waals surface area contributed by atoms with Gasteiger partial charge in [-0.1, -0.05) is 53.7 Å². The molecule has 1 unspecified atom stereocenters. The summed E-state index contributed by atoms with van der Waals surface area (Å²) in [4.78, 5) is 0. The number of aryl methyl sites for hydroxylation is 1. The van der Waals surface area contributed by atoms with Crippen LogP contribution >= 0.6 is 0 Å². The van der Waals surface area contributed by atoms with Gasteiger partial charge in [-0.2, -0.15) is 0 Å². The highest BCUT2D eigenvalue weighted by molar-refractivity contribution is 5.49. The zero-order valence-electron chi connectivity index (χ0n) is 14.4. The minimum atomic E-state index is -0.741. The third-order valence-electron chi connectivity index (χ3n) is 3.74. The molecule has 3 heteroatoms. The Labute approximate surface area is 129 Å². The van der Waals surface area contributed by atoms with Crippen molar-refractivity contribution in [2.45, 2.75) is 71.5 Å². The first kappa shape index (κ1) is 18.0. The Morgan fingerprint density at radius 1 is 1.00 bits per heavy atom. The zero-order valence-corrected chi connectivity index (χ0v) is 14.4. The molecule has 0 fully saturated rings. The van der Waals surface area contributed by atoms with E-state index in [2.05, 4.69) is 41.5 Å². The van der Waals surface area contributed by atoms with Crippen LogP contribution in [0, 0.1) is 0 Å². The number of phenolic OH excluding ortho intramolecular Hbond substituents is 1. The van der Waals surface area contributed by atoms with Crippen LogP contribution in [0.25, 0.3) is 0 Å². The van der Waals surface area contributed by atoms with Crippen LogP contribution in [0.5, 0.6) is 5.75 Å². The van der Waals surface area contributed by atoms with Crippen LogP contribution < -0.4 is 0 Å². The van der Waals surface area contributed by atoms with Crippen LogP contribution in [-0.2, 0) is 22.0 Å². The Morgan fingerprint density at radius 3 is 1.76 bits per heavy atom. The second-order valence-electron chi connectivity index (χ2n) is 7.77. The molecule has 0 spiro atoms. The van der Waals surface area contributed by atoms with Crippen LogP contribution in [0.4, 0.5) is 0 Å². The number of hydrogen-bond acceptors (Lipinski definition) is 3. The van der Waals surface area contributed by atoms with E-state index in [1.807, 2.05) is 12.1 Å². The maximum Gasteiger partial charge on any atom is 0.154 e. The van der Waals surface area contributed by atoms with Crippen molar-refractivity contribution in [3.05, 3.63) is 28.8 Å². The molecule has 0 heterocycles. The standard InChI is InChI=1S/C18H30O3/c1-17(2,3)13-10-12(8-9-15(19)21-7)11-14(16(13)20)18(4,5)6/h10-11,15,19-20H,8-9H2,1-7H3. The number of aromatic hydroxyl groups is 1. The van der Waals surface area contributed by atoms with Crippen molar-refractivity contribution >= 4 is 0 Å². The quantitative estimate of drug-likeness (QED) is 0.828. The van der Waals surface area contributed by atoms with E-state index in [0.29, 0.717) is 12.2 Å². The molecular formula is C18H30O3. The van der Waals surface area contributed by atoms with E-state index >= 15 is 0 Å². The summed E-state index contributed by atoms with van der Waals surface area (Å²) >= 11 is 0. The molecule has 1 rings (SSSR count). The third-order valence-corrected chi connectivity index (χ3v) is 3.74. The van der Waals surface area contributed by atoms with Gasteiger partial charge in [0.2, 0.25) is 0 Å². The fraction of sp³-hybridized carbons (Fsp3) is 0.667. The van der Waals surface area contributed by atoms with Gasteiger partial charge in [0.05, 0.1) is 0 Å². The van der Waals surface area contributed by atoms with Gasteiger partial charge < -0.3 is 14.9 Å². The highest BCUT2D eigenvalue weighted by Gasteiger charge is 2.26. The number of ether oxygens (including phenoxy) is 1. The summed E-state index contributed by atoms with van der Waals surface area (Å²) in [5.41, 5.74) is 2.78. The SMILES string of the molecule is COC(O)CCc1cc(C(C)(C)C)c(O)c(C(C)(C)C)c1. The van der Waals surface area contributed by atoms with E-state index in [9.17, 15) is 10.2 Å². The van der Waals surface area contributed by atoms with Gasteiger partial charge >= 0.3 is 0 Å². The highest BCUT2D eigenvalue weighted by Crippen LogP contribution is 2.39. The Balaban J connectivity index is 3.27. The number of aliphatic hydroxyl groups excluding tert-OH is 1. The van der Waals surface area contributed by atoms with E-state index in [1.54, 1.807) is 0 Å². The maximum absolute atomic E-state index is 10.6. The zero-order chi connectivity index (χ0) is 16.4. The topological polar surface area (TPSA) is 49.7 Å². The molecule has 0 saturated heterocycles. The predicted molar refractivity (Wildman–Crippen MR) is 86.8 cm³/mol. The summed E-state index contributed by atoms with van der Waals surface area (Å²) in [5, 5.41) is 20.2. The van der Waals surface area contributed by atoms with E-state index in [1.165, 1.54) is 7.11 Å². The normalized spacial score (nSPS) is 14.3. The fourth-order valence-corrected chi connectivity index (χ4v) is 2.39.